The summed E-state index contributed by atoms with van der Waals surface area (Å²) < 4.78 is 27.0. The Morgan fingerprint density at radius 1 is 1.33 bits per heavy atom. The summed E-state index contributed by atoms with van der Waals surface area (Å²) in [6.45, 7) is 4.55. The van der Waals surface area contributed by atoms with Crippen LogP contribution in [0.25, 0.3) is 0 Å². The van der Waals surface area contributed by atoms with Crippen molar-refractivity contribution in [3.8, 4) is 0 Å². The fourth-order valence-electron chi connectivity index (χ4n) is 3.56. The highest BCUT2D eigenvalue weighted by atomic mass is 32.2. The molecule has 3 heterocycles. The molecule has 2 atom stereocenters. The number of amides is 1. The molecule has 0 saturated carbocycles. The largest absolute Gasteiger partial charge is 0.339 e. The Kier molecular flexibility index (Phi) is 5.29. The molecule has 0 radical (unpaired) electrons. The monoisotopic (exact) mass is 371 g/mol. The van der Waals surface area contributed by atoms with Gasteiger partial charge in [-0.15, -0.1) is 11.3 Å². The first-order chi connectivity index (χ1) is 11.4. The number of carbonyl (C=O) groups is 1. The molecular weight excluding hydrogens is 346 g/mol. The van der Waals surface area contributed by atoms with Crippen LogP contribution in [0.4, 0.5) is 0 Å². The van der Waals surface area contributed by atoms with Crippen LogP contribution in [0.5, 0.6) is 0 Å². The zero-order chi connectivity index (χ0) is 17.3. The van der Waals surface area contributed by atoms with E-state index in [0.717, 1.165) is 24.1 Å². The number of thiophene rings is 1. The van der Waals surface area contributed by atoms with Crippen LogP contribution in [0.1, 0.15) is 31.1 Å². The minimum Gasteiger partial charge on any atom is -0.339 e. The number of sulfonamides is 1. The Morgan fingerprint density at radius 3 is 2.67 bits per heavy atom. The lowest BCUT2D eigenvalue weighted by Crippen LogP contribution is -2.35. The topological polar surface area (TPSA) is 83.7 Å². The summed E-state index contributed by atoms with van der Waals surface area (Å²) >= 11 is 1.22. The van der Waals surface area contributed by atoms with E-state index in [1.807, 2.05) is 11.8 Å². The summed E-state index contributed by atoms with van der Waals surface area (Å²) in [4.78, 5) is 15.2. The van der Waals surface area contributed by atoms with Gasteiger partial charge >= 0.3 is 0 Å². The Bertz CT molecular complexity index is 695. The standard InChI is InChI=1S/C16H25N3O3S2/c1-12-8-13(10-17)11-19(12)15(20)9-14-4-5-16(23-14)24(21,22)18-6-2-3-7-18/h4-5,12-13H,2-3,6-11,17H2,1H3. The van der Waals surface area contributed by atoms with Crippen LogP contribution in [0.3, 0.4) is 0 Å². The quantitative estimate of drug-likeness (QED) is 0.845. The highest BCUT2D eigenvalue weighted by Crippen LogP contribution is 2.29. The Labute approximate surface area is 147 Å². The van der Waals surface area contributed by atoms with E-state index in [0.29, 0.717) is 36.3 Å². The molecule has 6 nitrogen and oxygen atoms in total. The molecule has 2 unspecified atom stereocenters. The lowest BCUT2D eigenvalue weighted by Gasteiger charge is -2.21. The first kappa shape index (κ1) is 17.8. The third-order valence-corrected chi connectivity index (χ3v) is 8.39. The zero-order valence-electron chi connectivity index (χ0n) is 14.0. The Hall–Kier alpha value is -0.960. The first-order valence-electron chi connectivity index (χ1n) is 8.50. The normalized spacial score (nSPS) is 25.5. The molecule has 1 aromatic rings. The Morgan fingerprint density at radius 2 is 2.04 bits per heavy atom. The van der Waals surface area contributed by atoms with E-state index >= 15 is 0 Å². The van der Waals surface area contributed by atoms with Gasteiger partial charge in [-0.1, -0.05) is 0 Å². The average molecular weight is 372 g/mol. The molecule has 2 fully saturated rings. The number of carbonyl (C=O) groups excluding carboxylic acids is 1. The molecule has 2 N–H and O–H groups in total. The van der Waals surface area contributed by atoms with Gasteiger partial charge in [-0.2, -0.15) is 4.31 Å². The van der Waals surface area contributed by atoms with Gasteiger partial charge in [0.15, 0.2) is 0 Å². The minimum absolute atomic E-state index is 0.0606. The maximum atomic E-state index is 12.6. The summed E-state index contributed by atoms with van der Waals surface area (Å²) in [5.74, 6) is 0.434. The van der Waals surface area contributed by atoms with E-state index in [2.05, 4.69) is 0 Å². The van der Waals surface area contributed by atoms with Crippen molar-refractivity contribution >= 4 is 27.3 Å². The van der Waals surface area contributed by atoms with E-state index in [-0.39, 0.29) is 18.4 Å². The van der Waals surface area contributed by atoms with Crippen LogP contribution in [-0.4, -0.2) is 55.8 Å². The van der Waals surface area contributed by atoms with Crippen LogP contribution < -0.4 is 5.73 Å². The summed E-state index contributed by atoms with van der Waals surface area (Å²) in [6, 6.07) is 3.61. The molecule has 0 aliphatic carbocycles. The molecule has 0 aromatic carbocycles. The SMILES string of the molecule is CC1CC(CN)CN1C(=O)Cc1ccc(S(=O)(=O)N2CCCC2)s1. The van der Waals surface area contributed by atoms with Crippen molar-refractivity contribution < 1.29 is 13.2 Å². The van der Waals surface area contributed by atoms with Gasteiger partial charge in [0.1, 0.15) is 4.21 Å². The second kappa shape index (κ2) is 7.11. The van der Waals surface area contributed by atoms with Crippen molar-refractivity contribution in [2.24, 2.45) is 11.7 Å². The van der Waals surface area contributed by atoms with E-state index in [9.17, 15) is 13.2 Å². The average Bonchev–Trinajstić information content (AvgIpc) is 3.27. The van der Waals surface area contributed by atoms with Gasteiger partial charge in [0, 0.05) is 30.6 Å². The van der Waals surface area contributed by atoms with Crippen LogP contribution in [-0.2, 0) is 21.2 Å². The van der Waals surface area contributed by atoms with Crippen molar-refractivity contribution in [3.63, 3.8) is 0 Å². The van der Waals surface area contributed by atoms with Crippen molar-refractivity contribution in [1.29, 1.82) is 0 Å². The number of likely N-dealkylation sites (tertiary alicyclic amines) is 1. The predicted octanol–water partition coefficient (Wildman–Crippen LogP) is 1.27. The van der Waals surface area contributed by atoms with Gasteiger partial charge in [-0.25, -0.2) is 8.42 Å². The van der Waals surface area contributed by atoms with Crippen LogP contribution in [0.15, 0.2) is 16.3 Å². The minimum atomic E-state index is -3.39. The van der Waals surface area contributed by atoms with E-state index < -0.39 is 10.0 Å². The van der Waals surface area contributed by atoms with Gasteiger partial charge in [0.2, 0.25) is 5.91 Å². The lowest BCUT2D eigenvalue weighted by atomic mass is 10.1. The van der Waals surface area contributed by atoms with Gasteiger partial charge in [-0.05, 0) is 50.8 Å². The van der Waals surface area contributed by atoms with Gasteiger partial charge in [0.25, 0.3) is 10.0 Å². The number of hydrogen-bond donors (Lipinski definition) is 1. The van der Waals surface area contributed by atoms with E-state index in [1.165, 1.54) is 11.3 Å². The fraction of sp³-hybridized carbons (Fsp3) is 0.688. The number of hydrogen-bond acceptors (Lipinski definition) is 5. The summed E-state index contributed by atoms with van der Waals surface area (Å²) in [5.41, 5.74) is 5.71. The molecule has 1 aromatic heterocycles. The molecule has 134 valence electrons. The molecule has 2 aliphatic heterocycles. The third-order valence-electron chi connectivity index (χ3n) is 4.94. The first-order valence-corrected chi connectivity index (χ1v) is 10.8. The number of nitrogens with zero attached hydrogens (tertiary/aromatic N) is 2. The second-order valence-corrected chi connectivity index (χ2v) is 10.1. The lowest BCUT2D eigenvalue weighted by molar-refractivity contribution is -0.131. The van der Waals surface area contributed by atoms with Gasteiger partial charge in [-0.3, -0.25) is 4.79 Å². The summed E-state index contributed by atoms with van der Waals surface area (Å²) in [5, 5.41) is 0. The van der Waals surface area contributed by atoms with E-state index in [1.54, 1.807) is 16.4 Å². The predicted molar refractivity (Wildman–Crippen MR) is 94.4 cm³/mol. The van der Waals surface area contributed by atoms with Gasteiger partial charge < -0.3 is 10.6 Å². The smallest absolute Gasteiger partial charge is 0.252 e. The summed E-state index contributed by atoms with van der Waals surface area (Å²) in [6.07, 6.45) is 3.05. The Balaban J connectivity index is 1.67. The molecule has 2 aliphatic rings. The number of rotatable bonds is 5. The highest BCUT2D eigenvalue weighted by molar-refractivity contribution is 7.91. The molecule has 0 bridgehead atoms. The third kappa shape index (κ3) is 3.51. The maximum Gasteiger partial charge on any atom is 0.252 e. The zero-order valence-corrected chi connectivity index (χ0v) is 15.6. The fourth-order valence-corrected chi connectivity index (χ4v) is 6.58. The van der Waals surface area contributed by atoms with Crippen molar-refractivity contribution in [2.45, 2.75) is 42.9 Å². The van der Waals surface area contributed by atoms with Crippen LogP contribution >= 0.6 is 11.3 Å². The van der Waals surface area contributed by atoms with Gasteiger partial charge in [0.05, 0.1) is 6.42 Å². The van der Waals surface area contributed by atoms with Crippen LogP contribution in [0.2, 0.25) is 0 Å². The van der Waals surface area contributed by atoms with E-state index in [4.69, 9.17) is 5.73 Å². The van der Waals surface area contributed by atoms with Crippen molar-refractivity contribution in [1.82, 2.24) is 9.21 Å². The number of nitrogens with two attached hydrogens (primary N) is 1. The summed E-state index contributed by atoms with van der Waals surface area (Å²) in [7, 11) is -3.39. The molecule has 0 spiro atoms. The molecule has 1 amide bonds. The molecular formula is C16H25N3O3S2. The molecule has 8 heteroatoms. The molecule has 3 rings (SSSR count). The molecule has 2 saturated heterocycles. The van der Waals surface area contributed by atoms with Crippen LogP contribution in [0, 0.1) is 5.92 Å². The van der Waals surface area contributed by atoms with Crippen molar-refractivity contribution in [2.75, 3.05) is 26.2 Å². The molecule has 24 heavy (non-hydrogen) atoms. The van der Waals surface area contributed by atoms with Crippen molar-refractivity contribution in [3.05, 3.63) is 17.0 Å². The highest BCUT2D eigenvalue weighted by Gasteiger charge is 2.32. The maximum absolute atomic E-state index is 12.6. The second-order valence-electron chi connectivity index (χ2n) is 6.74.